The first-order chi connectivity index (χ1) is 10.2. The van der Waals surface area contributed by atoms with E-state index in [1.165, 1.54) is 18.1 Å². The van der Waals surface area contributed by atoms with Gasteiger partial charge >= 0.3 is 0 Å². The summed E-state index contributed by atoms with van der Waals surface area (Å²) < 4.78 is 0. The molecule has 1 atom stereocenters. The molecule has 0 amide bonds. The van der Waals surface area contributed by atoms with Crippen LogP contribution in [0.5, 0.6) is 0 Å². The number of anilines is 1. The highest BCUT2D eigenvalue weighted by Crippen LogP contribution is 2.35. The van der Waals surface area contributed by atoms with Crippen LogP contribution in [-0.2, 0) is 6.42 Å². The number of rotatable bonds is 4. The molecule has 2 aromatic carbocycles. The zero-order chi connectivity index (χ0) is 14.8. The van der Waals surface area contributed by atoms with E-state index in [1.54, 1.807) is 18.2 Å². The lowest BCUT2D eigenvalue weighted by Gasteiger charge is -2.30. The van der Waals surface area contributed by atoms with Crippen LogP contribution in [0, 0.1) is 11.3 Å². The van der Waals surface area contributed by atoms with E-state index in [0.29, 0.717) is 17.0 Å². The Bertz CT molecular complexity index is 743. The lowest BCUT2D eigenvalue weighted by molar-refractivity contribution is 0.101. The molecular weight excluding hydrogens is 260 g/mol. The van der Waals surface area contributed by atoms with Crippen LogP contribution in [0.25, 0.3) is 0 Å². The Hall–Kier alpha value is -2.60. The summed E-state index contributed by atoms with van der Waals surface area (Å²) in [5.74, 6) is 0.491. The predicted molar refractivity (Wildman–Crippen MR) is 82.5 cm³/mol. The normalized spacial score (nSPS) is 15.5. The first-order valence-corrected chi connectivity index (χ1v) is 7.06. The molecule has 1 aliphatic carbocycles. The number of carbonyl (C=O) groups is 1. The van der Waals surface area contributed by atoms with Crippen LogP contribution in [0.15, 0.2) is 42.5 Å². The van der Waals surface area contributed by atoms with E-state index in [9.17, 15) is 4.79 Å². The second kappa shape index (κ2) is 5.41. The summed E-state index contributed by atoms with van der Waals surface area (Å²) in [4.78, 5) is 11.5. The summed E-state index contributed by atoms with van der Waals surface area (Å²) in [6.45, 7) is 2.32. The Morgan fingerprint density at radius 2 is 2.14 bits per heavy atom. The quantitative estimate of drug-likeness (QED) is 0.869. The molecule has 0 heterocycles. The third-order valence-electron chi connectivity index (χ3n) is 4.05. The molecule has 0 aromatic heterocycles. The van der Waals surface area contributed by atoms with E-state index < -0.39 is 0 Å². The van der Waals surface area contributed by atoms with Crippen LogP contribution in [0.3, 0.4) is 0 Å². The summed E-state index contributed by atoms with van der Waals surface area (Å²) in [6, 6.07) is 15.8. The molecule has 3 rings (SSSR count). The average Bonchev–Trinajstić information content (AvgIpc) is 2.48. The Balaban J connectivity index is 1.75. The van der Waals surface area contributed by atoms with E-state index in [1.807, 2.05) is 0 Å². The summed E-state index contributed by atoms with van der Waals surface area (Å²) >= 11 is 0. The fourth-order valence-electron chi connectivity index (χ4n) is 2.78. The molecule has 1 unspecified atom stereocenters. The highest BCUT2D eigenvalue weighted by molar-refractivity contribution is 5.95. The molecule has 0 saturated heterocycles. The minimum Gasteiger partial charge on any atom is -0.383 e. The molecule has 21 heavy (non-hydrogen) atoms. The number of Topliss-reactive ketones (excluding diaryl/α,β-unsaturated/α-hetero) is 1. The van der Waals surface area contributed by atoms with Crippen LogP contribution >= 0.6 is 0 Å². The largest absolute Gasteiger partial charge is 0.383 e. The first-order valence-electron chi connectivity index (χ1n) is 7.06. The maximum atomic E-state index is 11.5. The van der Waals surface area contributed by atoms with E-state index in [4.69, 9.17) is 5.26 Å². The van der Waals surface area contributed by atoms with Crippen molar-refractivity contribution in [3.05, 3.63) is 64.7 Å². The van der Waals surface area contributed by atoms with Gasteiger partial charge in [0.1, 0.15) is 6.07 Å². The van der Waals surface area contributed by atoms with Gasteiger partial charge in [0, 0.05) is 18.0 Å². The lowest BCUT2D eigenvalue weighted by atomic mass is 9.77. The van der Waals surface area contributed by atoms with E-state index in [-0.39, 0.29) is 5.78 Å². The van der Waals surface area contributed by atoms with E-state index >= 15 is 0 Å². The smallest absolute Gasteiger partial charge is 0.159 e. The predicted octanol–water partition coefficient (Wildman–Crippen LogP) is 3.51. The second-order valence-electron chi connectivity index (χ2n) is 5.41. The summed E-state index contributed by atoms with van der Waals surface area (Å²) in [6.07, 6.45) is 1.07. The third kappa shape index (κ3) is 2.53. The van der Waals surface area contributed by atoms with Gasteiger partial charge in [0.2, 0.25) is 0 Å². The van der Waals surface area contributed by atoms with Crippen molar-refractivity contribution >= 4 is 11.5 Å². The number of hydrogen-bond acceptors (Lipinski definition) is 3. The average molecular weight is 276 g/mol. The summed E-state index contributed by atoms with van der Waals surface area (Å²) in [7, 11) is 0. The summed E-state index contributed by atoms with van der Waals surface area (Å²) in [5.41, 5.74) is 4.74. The number of nitriles is 1. The molecule has 0 aliphatic heterocycles. The van der Waals surface area contributed by atoms with Gasteiger partial charge in [-0.25, -0.2) is 0 Å². The molecule has 1 aliphatic rings. The minimum absolute atomic E-state index is 0.0107. The zero-order valence-corrected chi connectivity index (χ0v) is 11.9. The minimum atomic E-state index is 0.0107. The van der Waals surface area contributed by atoms with Gasteiger partial charge in [-0.1, -0.05) is 24.3 Å². The molecule has 3 heteroatoms. The van der Waals surface area contributed by atoms with E-state index in [0.717, 1.165) is 18.7 Å². The number of benzene rings is 2. The molecule has 0 saturated carbocycles. The van der Waals surface area contributed by atoms with Gasteiger partial charge in [0.25, 0.3) is 0 Å². The molecule has 1 N–H and O–H groups in total. The fraction of sp³-hybridized carbons (Fsp3) is 0.222. The van der Waals surface area contributed by atoms with Crippen molar-refractivity contribution < 1.29 is 4.79 Å². The SMILES string of the molecule is CC(=O)c1ccc(C#N)c(NCC2Cc3ccccc32)c1. The molecule has 3 nitrogen and oxygen atoms in total. The molecule has 0 spiro atoms. The van der Waals surface area contributed by atoms with Crippen molar-refractivity contribution in [3.8, 4) is 6.07 Å². The van der Waals surface area contributed by atoms with Gasteiger partial charge in [-0.3, -0.25) is 4.79 Å². The van der Waals surface area contributed by atoms with E-state index in [2.05, 4.69) is 35.7 Å². The monoisotopic (exact) mass is 276 g/mol. The van der Waals surface area contributed by atoms with Crippen molar-refractivity contribution in [3.63, 3.8) is 0 Å². The number of nitrogens with zero attached hydrogens (tertiary/aromatic N) is 1. The van der Waals surface area contributed by atoms with Gasteiger partial charge in [-0.2, -0.15) is 5.26 Å². The molecule has 2 aromatic rings. The van der Waals surface area contributed by atoms with Gasteiger partial charge in [-0.05, 0) is 42.7 Å². The van der Waals surface area contributed by atoms with Crippen LogP contribution in [0.1, 0.15) is 39.9 Å². The van der Waals surface area contributed by atoms with Gasteiger partial charge in [0.15, 0.2) is 5.78 Å². The van der Waals surface area contributed by atoms with Crippen LogP contribution < -0.4 is 5.32 Å². The number of nitrogens with one attached hydrogen (secondary N) is 1. The topological polar surface area (TPSA) is 52.9 Å². The number of hydrogen-bond donors (Lipinski definition) is 1. The highest BCUT2D eigenvalue weighted by atomic mass is 16.1. The highest BCUT2D eigenvalue weighted by Gasteiger charge is 2.25. The van der Waals surface area contributed by atoms with Crippen LogP contribution in [-0.4, -0.2) is 12.3 Å². The van der Waals surface area contributed by atoms with Crippen molar-refractivity contribution in [2.45, 2.75) is 19.3 Å². The van der Waals surface area contributed by atoms with Crippen molar-refractivity contribution in [1.29, 1.82) is 5.26 Å². The Kier molecular flexibility index (Phi) is 3.45. The third-order valence-corrected chi connectivity index (χ3v) is 4.05. The zero-order valence-electron chi connectivity index (χ0n) is 11.9. The van der Waals surface area contributed by atoms with Crippen molar-refractivity contribution in [1.82, 2.24) is 0 Å². The Morgan fingerprint density at radius 1 is 1.33 bits per heavy atom. The lowest BCUT2D eigenvalue weighted by Crippen LogP contribution is -2.24. The van der Waals surface area contributed by atoms with Gasteiger partial charge < -0.3 is 5.32 Å². The summed E-state index contributed by atoms with van der Waals surface area (Å²) in [5, 5.41) is 12.5. The van der Waals surface area contributed by atoms with Crippen molar-refractivity contribution in [2.75, 3.05) is 11.9 Å². The van der Waals surface area contributed by atoms with Crippen molar-refractivity contribution in [2.24, 2.45) is 0 Å². The standard InChI is InChI=1S/C18H16N2O/c1-12(21)13-6-7-15(10-19)18(9-13)20-11-16-8-14-4-2-3-5-17(14)16/h2-7,9,16,20H,8,11H2,1H3. The number of fused-ring (bicyclic) bond motifs is 1. The maximum absolute atomic E-state index is 11.5. The Morgan fingerprint density at radius 3 is 2.86 bits per heavy atom. The molecule has 0 fully saturated rings. The van der Waals surface area contributed by atoms with Crippen LogP contribution in [0.2, 0.25) is 0 Å². The maximum Gasteiger partial charge on any atom is 0.159 e. The first kappa shape index (κ1) is 13.4. The van der Waals surface area contributed by atoms with Gasteiger partial charge in [0.05, 0.1) is 11.3 Å². The van der Waals surface area contributed by atoms with Crippen LogP contribution in [0.4, 0.5) is 5.69 Å². The molecular formula is C18H16N2O. The second-order valence-corrected chi connectivity index (χ2v) is 5.41. The number of ketones is 1. The molecule has 104 valence electrons. The fourth-order valence-corrected chi connectivity index (χ4v) is 2.78. The molecule has 0 bridgehead atoms. The van der Waals surface area contributed by atoms with Gasteiger partial charge in [-0.15, -0.1) is 0 Å². The number of carbonyl (C=O) groups excluding carboxylic acids is 1. The Labute approximate surface area is 124 Å². The molecule has 0 radical (unpaired) electrons.